The summed E-state index contributed by atoms with van der Waals surface area (Å²) >= 11 is 5.56. The van der Waals surface area contributed by atoms with Gasteiger partial charge in [-0.05, 0) is 59.7 Å². The van der Waals surface area contributed by atoms with Gasteiger partial charge in [0.2, 0.25) is 0 Å². The van der Waals surface area contributed by atoms with E-state index in [2.05, 4.69) is 101 Å². The van der Waals surface area contributed by atoms with E-state index in [9.17, 15) is 0 Å². The molecule has 0 unspecified atom stereocenters. The van der Waals surface area contributed by atoms with Crippen LogP contribution in [0.5, 0.6) is 0 Å². The van der Waals surface area contributed by atoms with Crippen LogP contribution in [-0.4, -0.2) is 16.5 Å². The van der Waals surface area contributed by atoms with Crippen LogP contribution in [-0.2, 0) is 0 Å². The topological polar surface area (TPSA) is 37.8 Å². The molecule has 1 aliphatic rings. The van der Waals surface area contributed by atoms with E-state index in [4.69, 9.17) is 0 Å². The molecule has 0 amide bonds. The number of anilines is 1. The molecule has 35 heavy (non-hydrogen) atoms. The summed E-state index contributed by atoms with van der Waals surface area (Å²) < 4.78 is 0. The smallest absolute Gasteiger partial charge is 0.137 e. The lowest BCUT2D eigenvalue weighted by Gasteiger charge is -2.21. The van der Waals surface area contributed by atoms with Crippen LogP contribution in [0.4, 0.5) is 5.82 Å². The monoisotopic (exact) mass is 511 g/mol. The Bertz CT molecular complexity index is 1520. The van der Waals surface area contributed by atoms with Gasteiger partial charge < -0.3 is 5.32 Å². The van der Waals surface area contributed by atoms with Gasteiger partial charge in [0.05, 0.1) is 5.52 Å². The number of rotatable bonds is 6. The van der Waals surface area contributed by atoms with Gasteiger partial charge in [0.15, 0.2) is 0 Å². The zero-order valence-electron chi connectivity index (χ0n) is 19.6. The predicted octanol–water partition coefficient (Wildman–Crippen LogP) is 9.10. The maximum absolute atomic E-state index is 4.56. The average Bonchev–Trinajstić information content (AvgIpc) is 3.36. The second-order valence-electron chi connectivity index (χ2n) is 9.01. The van der Waals surface area contributed by atoms with Gasteiger partial charge in [-0.15, -0.1) is 11.3 Å². The Balaban J connectivity index is 1.40. The van der Waals surface area contributed by atoms with Crippen LogP contribution in [0.15, 0.2) is 98.0 Å². The molecule has 0 bridgehead atoms. The zero-order valence-corrected chi connectivity index (χ0v) is 22.1. The summed E-state index contributed by atoms with van der Waals surface area (Å²) in [6.07, 6.45) is 2.76. The molecule has 0 saturated heterocycles. The number of hydrogen-bond acceptors (Lipinski definition) is 6. The molecule has 5 aromatic rings. The minimum atomic E-state index is 0.652. The minimum Gasteiger partial charge on any atom is -0.369 e. The molecule has 0 spiro atoms. The molecule has 1 N–H and O–H groups in total. The number of thiophene rings is 1. The molecule has 0 aliphatic carbocycles. The van der Waals surface area contributed by atoms with Crippen molar-refractivity contribution in [2.75, 3.05) is 11.9 Å². The van der Waals surface area contributed by atoms with Gasteiger partial charge in [-0.1, -0.05) is 67.7 Å². The quantitative estimate of drug-likeness (QED) is 0.241. The van der Waals surface area contributed by atoms with E-state index in [1.165, 1.54) is 41.1 Å². The third-order valence-electron chi connectivity index (χ3n) is 6.13. The van der Waals surface area contributed by atoms with Gasteiger partial charge in [-0.3, -0.25) is 0 Å². The van der Waals surface area contributed by atoms with Crippen molar-refractivity contribution in [2.24, 2.45) is 5.92 Å². The molecule has 6 heteroatoms. The van der Waals surface area contributed by atoms with E-state index >= 15 is 0 Å². The van der Waals surface area contributed by atoms with Gasteiger partial charge in [-0.25, -0.2) is 9.97 Å². The Hall–Kier alpha value is -2.80. The molecule has 1 aliphatic heterocycles. The van der Waals surface area contributed by atoms with Crippen LogP contribution in [0.2, 0.25) is 0 Å². The van der Waals surface area contributed by atoms with Crippen molar-refractivity contribution in [3.05, 3.63) is 78.4 Å². The molecular formula is C29H25N3S3. The maximum atomic E-state index is 4.56. The molecule has 3 heterocycles. The molecule has 3 aromatic carbocycles. The van der Waals surface area contributed by atoms with Gasteiger partial charge in [-0.2, -0.15) is 0 Å². The molecular weight excluding hydrogens is 487 g/mol. The lowest BCUT2D eigenvalue weighted by molar-refractivity contribution is 0.607. The van der Waals surface area contributed by atoms with E-state index < -0.39 is 0 Å². The van der Waals surface area contributed by atoms with Crippen molar-refractivity contribution >= 4 is 51.6 Å². The zero-order chi connectivity index (χ0) is 23.8. The number of nitrogens with one attached hydrogen (secondary N) is 1. The average molecular weight is 512 g/mol. The van der Waals surface area contributed by atoms with Crippen LogP contribution in [0, 0.1) is 5.92 Å². The third kappa shape index (κ3) is 4.46. The number of fused-ring (bicyclic) bond motifs is 3. The van der Waals surface area contributed by atoms with Crippen molar-refractivity contribution < 1.29 is 0 Å². The van der Waals surface area contributed by atoms with Crippen LogP contribution in [0.1, 0.15) is 20.3 Å². The fourth-order valence-electron chi connectivity index (χ4n) is 4.32. The summed E-state index contributed by atoms with van der Waals surface area (Å²) in [6.45, 7) is 5.39. The van der Waals surface area contributed by atoms with Gasteiger partial charge >= 0.3 is 0 Å². The fraction of sp³-hybridized carbons (Fsp3) is 0.172. The van der Waals surface area contributed by atoms with Crippen molar-refractivity contribution in [1.82, 2.24) is 9.97 Å². The Labute approximate surface area is 218 Å². The first-order valence-electron chi connectivity index (χ1n) is 11.8. The summed E-state index contributed by atoms with van der Waals surface area (Å²) in [5.74, 6) is 1.56. The Kier molecular flexibility index (Phi) is 6.27. The van der Waals surface area contributed by atoms with Gasteiger partial charge in [0.1, 0.15) is 12.1 Å². The fourth-order valence-corrected chi connectivity index (χ4v) is 7.72. The molecule has 174 valence electrons. The predicted molar refractivity (Wildman–Crippen MR) is 151 cm³/mol. The van der Waals surface area contributed by atoms with Crippen LogP contribution >= 0.6 is 34.9 Å². The molecule has 3 nitrogen and oxygen atoms in total. The molecule has 2 aromatic heterocycles. The Morgan fingerprint density at radius 3 is 2.51 bits per heavy atom. The largest absolute Gasteiger partial charge is 0.369 e. The summed E-state index contributed by atoms with van der Waals surface area (Å²) in [7, 11) is 0. The lowest BCUT2D eigenvalue weighted by atomic mass is 10.0. The van der Waals surface area contributed by atoms with E-state index in [1.54, 1.807) is 6.33 Å². The molecule has 0 atom stereocenters. The summed E-state index contributed by atoms with van der Waals surface area (Å²) in [4.78, 5) is 15.7. The van der Waals surface area contributed by atoms with Crippen molar-refractivity contribution in [2.45, 2.75) is 39.9 Å². The van der Waals surface area contributed by atoms with Crippen LogP contribution in [0.3, 0.4) is 0 Å². The molecule has 0 saturated carbocycles. The van der Waals surface area contributed by atoms with E-state index in [1.807, 2.05) is 34.9 Å². The molecule has 0 fully saturated rings. The van der Waals surface area contributed by atoms with Crippen LogP contribution in [0.25, 0.3) is 32.5 Å². The number of benzene rings is 3. The highest BCUT2D eigenvalue weighted by atomic mass is 32.2. The summed E-state index contributed by atoms with van der Waals surface area (Å²) in [6, 6.07) is 24.1. The van der Waals surface area contributed by atoms with E-state index in [0.717, 1.165) is 29.7 Å². The minimum absolute atomic E-state index is 0.652. The summed E-state index contributed by atoms with van der Waals surface area (Å²) in [5.41, 5.74) is 4.72. The van der Waals surface area contributed by atoms with Crippen molar-refractivity contribution in [3.8, 4) is 21.6 Å². The second-order valence-corrected chi connectivity index (χ2v) is 12.1. The maximum Gasteiger partial charge on any atom is 0.137 e. The van der Waals surface area contributed by atoms with Gasteiger partial charge in [0, 0.05) is 47.5 Å². The highest BCUT2D eigenvalue weighted by Crippen LogP contribution is 2.53. The number of aromatic nitrogens is 2. The number of nitrogens with zero attached hydrogens (tertiary/aromatic N) is 2. The molecule has 0 radical (unpaired) electrons. The first-order chi connectivity index (χ1) is 17.2. The highest BCUT2D eigenvalue weighted by Gasteiger charge is 2.22. The molecule has 6 rings (SSSR count). The van der Waals surface area contributed by atoms with E-state index in [-0.39, 0.29) is 0 Å². The van der Waals surface area contributed by atoms with Crippen molar-refractivity contribution in [1.29, 1.82) is 0 Å². The van der Waals surface area contributed by atoms with Crippen molar-refractivity contribution in [3.63, 3.8) is 0 Å². The Morgan fingerprint density at radius 1 is 0.829 bits per heavy atom. The Morgan fingerprint density at radius 2 is 1.66 bits per heavy atom. The van der Waals surface area contributed by atoms with Gasteiger partial charge in [0.25, 0.3) is 0 Å². The van der Waals surface area contributed by atoms with E-state index in [0.29, 0.717) is 5.92 Å². The normalized spacial score (nSPS) is 12.5. The third-order valence-corrected chi connectivity index (χ3v) is 9.69. The first-order valence-corrected chi connectivity index (χ1v) is 14.3. The van der Waals surface area contributed by atoms with Crippen LogP contribution < -0.4 is 5.32 Å². The lowest BCUT2D eigenvalue weighted by Crippen LogP contribution is -2.06. The SMILES string of the molecule is CC(C)CCNc1ncnc2ccc(-c3ccsc3-c3cccc4c3Sc3ccccc3S4)cc12. The highest BCUT2D eigenvalue weighted by molar-refractivity contribution is 8.05. The second kappa shape index (κ2) is 9.69. The number of hydrogen-bond donors (Lipinski definition) is 1. The summed E-state index contributed by atoms with van der Waals surface area (Å²) in [5, 5.41) is 6.80. The standard InChI is InChI=1S/C29H25N3S3/c1-18(2)12-14-30-29-22-16-19(10-11-23(22)31-17-32-29)20-13-15-33-27(20)21-6-5-9-26-28(21)35-25-8-4-3-7-24(25)34-26/h3-11,13,15-18H,12,14H2,1-2H3,(H,30,31,32). The first kappa shape index (κ1) is 22.7.